The van der Waals surface area contributed by atoms with Gasteiger partial charge in [0.05, 0.1) is 7.11 Å². The average molecular weight is 233 g/mol. The summed E-state index contributed by atoms with van der Waals surface area (Å²) in [5, 5.41) is 0. The van der Waals surface area contributed by atoms with Crippen LogP contribution in [0.2, 0.25) is 0 Å². The maximum atomic E-state index is 5.48. The minimum atomic E-state index is 0.714. The molecule has 1 fully saturated rings. The van der Waals surface area contributed by atoms with Crippen LogP contribution in [0.4, 0.5) is 0 Å². The highest BCUT2D eigenvalue weighted by Crippen LogP contribution is 2.31. The zero-order valence-corrected chi connectivity index (χ0v) is 11.2. The van der Waals surface area contributed by atoms with Crippen molar-refractivity contribution in [1.29, 1.82) is 0 Å². The molecular formula is C15H23NO. The molecule has 0 spiro atoms. The molecule has 0 N–H and O–H groups in total. The van der Waals surface area contributed by atoms with Crippen LogP contribution in [-0.4, -0.2) is 32.1 Å². The molecule has 1 saturated heterocycles. The molecule has 0 bridgehead atoms. The SMILES string of the molecule is CCc1ccc(C2CCN(C)CC2)cc1OC. The smallest absolute Gasteiger partial charge is 0.122 e. The zero-order chi connectivity index (χ0) is 12.3. The Balaban J connectivity index is 2.16. The van der Waals surface area contributed by atoms with E-state index in [0.29, 0.717) is 5.92 Å². The molecule has 0 unspecified atom stereocenters. The lowest BCUT2D eigenvalue weighted by Crippen LogP contribution is -2.29. The van der Waals surface area contributed by atoms with Gasteiger partial charge in [0.1, 0.15) is 5.75 Å². The van der Waals surface area contributed by atoms with Gasteiger partial charge in [0, 0.05) is 0 Å². The molecule has 1 aliphatic rings. The normalized spacial score (nSPS) is 18.3. The number of likely N-dealkylation sites (tertiary alicyclic amines) is 1. The molecular weight excluding hydrogens is 210 g/mol. The third-order valence-electron chi connectivity index (χ3n) is 3.88. The van der Waals surface area contributed by atoms with Gasteiger partial charge in [-0.1, -0.05) is 19.1 Å². The van der Waals surface area contributed by atoms with Crippen LogP contribution in [0.3, 0.4) is 0 Å². The number of hydrogen-bond acceptors (Lipinski definition) is 2. The summed E-state index contributed by atoms with van der Waals surface area (Å²) in [6.07, 6.45) is 3.58. The van der Waals surface area contributed by atoms with Crippen molar-refractivity contribution in [3.63, 3.8) is 0 Å². The summed E-state index contributed by atoms with van der Waals surface area (Å²) in [4.78, 5) is 2.41. The number of aryl methyl sites for hydroxylation is 1. The monoisotopic (exact) mass is 233 g/mol. The fraction of sp³-hybridized carbons (Fsp3) is 0.600. The van der Waals surface area contributed by atoms with Gasteiger partial charge in [0.25, 0.3) is 0 Å². The van der Waals surface area contributed by atoms with Gasteiger partial charge in [-0.3, -0.25) is 0 Å². The van der Waals surface area contributed by atoms with Gasteiger partial charge >= 0.3 is 0 Å². The van der Waals surface area contributed by atoms with E-state index in [2.05, 4.69) is 37.1 Å². The van der Waals surface area contributed by atoms with E-state index in [-0.39, 0.29) is 0 Å². The molecule has 1 aromatic carbocycles. The third-order valence-corrected chi connectivity index (χ3v) is 3.88. The van der Waals surface area contributed by atoms with E-state index in [1.54, 1.807) is 7.11 Å². The average Bonchev–Trinajstić information content (AvgIpc) is 2.39. The van der Waals surface area contributed by atoms with E-state index >= 15 is 0 Å². The van der Waals surface area contributed by atoms with Crippen LogP contribution >= 0.6 is 0 Å². The molecule has 2 rings (SSSR count). The summed E-state index contributed by atoms with van der Waals surface area (Å²) in [6.45, 7) is 4.60. The number of ether oxygens (including phenoxy) is 1. The zero-order valence-electron chi connectivity index (χ0n) is 11.2. The molecule has 0 saturated carbocycles. The van der Waals surface area contributed by atoms with Crippen molar-refractivity contribution in [2.45, 2.75) is 32.1 Å². The van der Waals surface area contributed by atoms with Crippen LogP contribution in [0.15, 0.2) is 18.2 Å². The number of piperidine rings is 1. The Bertz CT molecular complexity index is 367. The van der Waals surface area contributed by atoms with Crippen LogP contribution in [0, 0.1) is 0 Å². The molecule has 0 atom stereocenters. The lowest BCUT2D eigenvalue weighted by atomic mass is 9.89. The number of nitrogens with zero attached hydrogens (tertiary/aromatic N) is 1. The van der Waals surface area contributed by atoms with Crippen molar-refractivity contribution >= 4 is 0 Å². The van der Waals surface area contributed by atoms with Crippen LogP contribution in [0.5, 0.6) is 5.75 Å². The second-order valence-corrected chi connectivity index (χ2v) is 5.00. The molecule has 2 nitrogen and oxygen atoms in total. The summed E-state index contributed by atoms with van der Waals surface area (Å²) in [5.41, 5.74) is 2.76. The van der Waals surface area contributed by atoms with Crippen molar-refractivity contribution < 1.29 is 4.74 Å². The Labute approximate surface area is 105 Å². The fourth-order valence-corrected chi connectivity index (χ4v) is 2.65. The molecule has 94 valence electrons. The highest BCUT2D eigenvalue weighted by atomic mass is 16.5. The molecule has 17 heavy (non-hydrogen) atoms. The Morgan fingerprint density at radius 1 is 1.29 bits per heavy atom. The molecule has 0 radical (unpaired) electrons. The molecule has 1 heterocycles. The van der Waals surface area contributed by atoms with Crippen LogP contribution in [-0.2, 0) is 6.42 Å². The van der Waals surface area contributed by atoms with Gasteiger partial charge in [-0.15, -0.1) is 0 Å². The number of hydrogen-bond donors (Lipinski definition) is 0. The van der Waals surface area contributed by atoms with Gasteiger partial charge in [-0.25, -0.2) is 0 Å². The number of methoxy groups -OCH3 is 1. The van der Waals surface area contributed by atoms with Gasteiger partial charge < -0.3 is 9.64 Å². The first-order valence-corrected chi connectivity index (χ1v) is 6.60. The van der Waals surface area contributed by atoms with E-state index in [4.69, 9.17) is 4.74 Å². The Morgan fingerprint density at radius 3 is 2.59 bits per heavy atom. The van der Waals surface area contributed by atoms with Crippen molar-refractivity contribution in [3.8, 4) is 5.75 Å². The van der Waals surface area contributed by atoms with Crippen molar-refractivity contribution in [2.24, 2.45) is 0 Å². The first kappa shape index (κ1) is 12.4. The second-order valence-electron chi connectivity index (χ2n) is 5.00. The molecule has 0 aromatic heterocycles. The van der Waals surface area contributed by atoms with Crippen molar-refractivity contribution in [3.05, 3.63) is 29.3 Å². The van der Waals surface area contributed by atoms with Crippen molar-refractivity contribution in [2.75, 3.05) is 27.2 Å². The molecule has 1 aliphatic heterocycles. The Hall–Kier alpha value is -1.02. The molecule has 1 aromatic rings. The van der Waals surface area contributed by atoms with Gasteiger partial charge in [-0.2, -0.15) is 0 Å². The Morgan fingerprint density at radius 2 is 2.00 bits per heavy atom. The van der Waals surface area contributed by atoms with E-state index in [1.807, 2.05) is 0 Å². The van der Waals surface area contributed by atoms with Crippen LogP contribution in [0.1, 0.15) is 36.8 Å². The summed E-state index contributed by atoms with van der Waals surface area (Å²) in [6, 6.07) is 6.76. The summed E-state index contributed by atoms with van der Waals surface area (Å²) < 4.78 is 5.48. The van der Waals surface area contributed by atoms with Gasteiger partial charge in [0.2, 0.25) is 0 Å². The maximum Gasteiger partial charge on any atom is 0.122 e. The summed E-state index contributed by atoms with van der Waals surface area (Å²) in [7, 11) is 3.98. The highest BCUT2D eigenvalue weighted by Gasteiger charge is 2.19. The lowest BCUT2D eigenvalue weighted by Gasteiger charge is -2.29. The van der Waals surface area contributed by atoms with E-state index in [0.717, 1.165) is 12.2 Å². The standard InChI is InChI=1S/C15H23NO/c1-4-12-5-6-14(11-15(12)17-3)13-7-9-16(2)10-8-13/h5-6,11,13H,4,7-10H2,1-3H3. The molecule has 2 heteroatoms. The van der Waals surface area contributed by atoms with Gasteiger partial charge in [0.15, 0.2) is 0 Å². The number of rotatable bonds is 3. The minimum absolute atomic E-state index is 0.714. The van der Waals surface area contributed by atoms with E-state index < -0.39 is 0 Å². The fourth-order valence-electron chi connectivity index (χ4n) is 2.65. The van der Waals surface area contributed by atoms with E-state index in [9.17, 15) is 0 Å². The first-order chi connectivity index (χ1) is 8.24. The largest absolute Gasteiger partial charge is 0.496 e. The van der Waals surface area contributed by atoms with E-state index in [1.165, 1.54) is 37.1 Å². The second kappa shape index (κ2) is 5.54. The van der Waals surface area contributed by atoms with Crippen molar-refractivity contribution in [1.82, 2.24) is 4.90 Å². The minimum Gasteiger partial charge on any atom is -0.496 e. The predicted molar refractivity (Wildman–Crippen MR) is 71.8 cm³/mol. The summed E-state index contributed by atoms with van der Waals surface area (Å²) in [5.74, 6) is 1.77. The quantitative estimate of drug-likeness (QED) is 0.795. The third kappa shape index (κ3) is 2.81. The maximum absolute atomic E-state index is 5.48. The number of benzene rings is 1. The lowest BCUT2D eigenvalue weighted by molar-refractivity contribution is 0.255. The van der Waals surface area contributed by atoms with Gasteiger partial charge in [-0.05, 0) is 62.5 Å². The van der Waals surface area contributed by atoms with Crippen LogP contribution < -0.4 is 4.74 Å². The molecule has 0 amide bonds. The Kier molecular flexibility index (Phi) is 4.06. The molecule has 0 aliphatic carbocycles. The summed E-state index contributed by atoms with van der Waals surface area (Å²) >= 11 is 0. The first-order valence-electron chi connectivity index (χ1n) is 6.60. The van der Waals surface area contributed by atoms with Crippen LogP contribution in [0.25, 0.3) is 0 Å². The highest BCUT2D eigenvalue weighted by molar-refractivity contribution is 5.39. The topological polar surface area (TPSA) is 12.5 Å². The predicted octanol–water partition coefficient (Wildman–Crippen LogP) is 3.07.